The van der Waals surface area contributed by atoms with Gasteiger partial charge in [-0.15, -0.1) is 0 Å². The Kier molecular flexibility index (Phi) is 3.74. The summed E-state index contributed by atoms with van der Waals surface area (Å²) in [4.78, 5) is 19.0. The van der Waals surface area contributed by atoms with Gasteiger partial charge in [0.05, 0.1) is 0 Å². The average Bonchev–Trinajstić information content (AvgIpc) is 3.23. The number of carbonyl (C=O) groups excluding carboxylic acids is 1. The van der Waals surface area contributed by atoms with E-state index in [-0.39, 0.29) is 17.9 Å². The molecule has 1 atom stereocenters. The lowest BCUT2D eigenvalue weighted by Gasteiger charge is -2.22. The molecule has 6 heteroatoms. The number of benzene rings is 2. The van der Waals surface area contributed by atoms with Crippen LogP contribution in [0, 0.1) is 17.6 Å². The number of rotatable bonds is 3. The van der Waals surface area contributed by atoms with Crippen LogP contribution in [-0.4, -0.2) is 22.3 Å². The monoisotopic (exact) mass is 368 g/mol. The minimum atomic E-state index is -0.616. The average molecular weight is 368 g/mol. The molecule has 1 aliphatic carbocycles. The normalized spacial score (nSPS) is 19.8. The van der Waals surface area contributed by atoms with Gasteiger partial charge in [0, 0.05) is 24.1 Å². The van der Waals surface area contributed by atoms with Crippen LogP contribution in [0.3, 0.4) is 0 Å². The number of likely N-dealkylation sites (tertiary alicyclic amines) is 1. The highest BCUT2D eigenvalue weighted by Crippen LogP contribution is 2.39. The topological polar surface area (TPSA) is 46.3 Å². The molecule has 1 aromatic heterocycles. The number of nitrogens with zero attached hydrogens (tertiary/aromatic N) is 2. The third-order valence-corrected chi connectivity index (χ3v) is 5.39. The minimum Gasteiger partial charge on any atom is -0.438 e. The number of halogens is 2. The first kappa shape index (κ1) is 16.4. The summed E-state index contributed by atoms with van der Waals surface area (Å²) in [5.74, 6) is -0.317. The summed E-state index contributed by atoms with van der Waals surface area (Å²) in [5.41, 5.74) is 2.13. The number of hydrogen-bond acceptors (Lipinski definition) is 3. The van der Waals surface area contributed by atoms with E-state index in [2.05, 4.69) is 4.98 Å². The molecular formula is C21H18F2N2O2. The maximum absolute atomic E-state index is 14.1. The largest absolute Gasteiger partial charge is 0.438 e. The molecule has 2 heterocycles. The maximum Gasteiger partial charge on any atom is 0.226 e. The molecule has 0 spiro atoms. The van der Waals surface area contributed by atoms with Gasteiger partial charge in [-0.25, -0.2) is 13.8 Å². The van der Waals surface area contributed by atoms with Gasteiger partial charge in [0.25, 0.3) is 0 Å². The molecule has 0 bridgehead atoms. The number of aromatic nitrogens is 1. The van der Waals surface area contributed by atoms with Crippen molar-refractivity contribution in [2.45, 2.75) is 31.7 Å². The van der Waals surface area contributed by atoms with Gasteiger partial charge in [-0.3, -0.25) is 4.79 Å². The van der Waals surface area contributed by atoms with Crippen LogP contribution >= 0.6 is 0 Å². The van der Waals surface area contributed by atoms with Crippen LogP contribution in [-0.2, 0) is 4.79 Å². The Morgan fingerprint density at radius 2 is 1.96 bits per heavy atom. The van der Waals surface area contributed by atoms with Crippen LogP contribution < -0.4 is 0 Å². The van der Waals surface area contributed by atoms with E-state index in [1.807, 2.05) is 4.90 Å². The zero-order valence-corrected chi connectivity index (χ0v) is 14.6. The first-order valence-corrected chi connectivity index (χ1v) is 9.26. The van der Waals surface area contributed by atoms with Crippen molar-refractivity contribution >= 4 is 17.0 Å². The molecule has 1 amide bonds. The van der Waals surface area contributed by atoms with Crippen LogP contribution in [0.5, 0.6) is 0 Å². The fraction of sp³-hybridized carbons (Fsp3) is 0.333. The Balaban J connectivity index is 1.49. The second kappa shape index (κ2) is 6.15. The van der Waals surface area contributed by atoms with Crippen molar-refractivity contribution in [2.75, 3.05) is 6.54 Å². The molecular weight excluding hydrogens is 350 g/mol. The van der Waals surface area contributed by atoms with E-state index in [0.29, 0.717) is 28.1 Å². The molecule has 1 saturated heterocycles. The van der Waals surface area contributed by atoms with Crippen LogP contribution in [0.1, 0.15) is 37.6 Å². The molecule has 138 valence electrons. The third kappa shape index (κ3) is 2.89. The Hall–Kier alpha value is -2.76. The maximum atomic E-state index is 14.1. The van der Waals surface area contributed by atoms with E-state index in [1.165, 1.54) is 12.1 Å². The summed E-state index contributed by atoms with van der Waals surface area (Å²) in [6.45, 7) is 0.741. The molecule has 2 fully saturated rings. The molecule has 27 heavy (non-hydrogen) atoms. The Morgan fingerprint density at radius 3 is 2.74 bits per heavy atom. The van der Waals surface area contributed by atoms with Crippen molar-refractivity contribution in [3.63, 3.8) is 0 Å². The standard InChI is InChI=1S/C21H18F2N2O2/c22-14-6-7-15(16(23)11-14)13-5-8-19-17(10-13)24-20(27-19)18-2-1-9-25(18)21(26)12-3-4-12/h5-8,10-12,18H,1-4,9H2/t18-/m1/s1. The van der Waals surface area contributed by atoms with Crippen LogP contribution in [0.25, 0.3) is 22.2 Å². The van der Waals surface area contributed by atoms with Crippen molar-refractivity contribution in [3.8, 4) is 11.1 Å². The molecule has 0 unspecified atom stereocenters. The second-order valence-electron chi connectivity index (χ2n) is 7.32. The first-order valence-electron chi connectivity index (χ1n) is 9.26. The second-order valence-corrected chi connectivity index (χ2v) is 7.32. The predicted octanol–water partition coefficient (Wildman–Crippen LogP) is 4.85. The van der Waals surface area contributed by atoms with Gasteiger partial charge in [-0.2, -0.15) is 0 Å². The summed E-state index contributed by atoms with van der Waals surface area (Å²) < 4.78 is 33.2. The lowest BCUT2D eigenvalue weighted by Crippen LogP contribution is -2.31. The van der Waals surface area contributed by atoms with Crippen molar-refractivity contribution < 1.29 is 18.0 Å². The van der Waals surface area contributed by atoms with Crippen molar-refractivity contribution in [2.24, 2.45) is 5.92 Å². The fourth-order valence-electron chi connectivity index (χ4n) is 3.83. The van der Waals surface area contributed by atoms with Crippen LogP contribution in [0.15, 0.2) is 40.8 Å². The van der Waals surface area contributed by atoms with E-state index in [0.717, 1.165) is 38.3 Å². The molecule has 5 rings (SSSR count). The summed E-state index contributed by atoms with van der Waals surface area (Å²) in [6.07, 6.45) is 3.73. The van der Waals surface area contributed by atoms with Gasteiger partial charge in [0.2, 0.25) is 11.8 Å². The van der Waals surface area contributed by atoms with E-state index < -0.39 is 11.6 Å². The lowest BCUT2D eigenvalue weighted by molar-refractivity contribution is -0.133. The zero-order chi connectivity index (χ0) is 18.5. The minimum absolute atomic E-state index is 0.128. The Bertz CT molecular complexity index is 1040. The van der Waals surface area contributed by atoms with Gasteiger partial charge in [-0.05, 0) is 55.5 Å². The highest BCUT2D eigenvalue weighted by atomic mass is 19.1. The molecule has 2 aromatic carbocycles. The van der Waals surface area contributed by atoms with Crippen LogP contribution in [0.2, 0.25) is 0 Å². The summed E-state index contributed by atoms with van der Waals surface area (Å²) in [7, 11) is 0. The number of fused-ring (bicyclic) bond motifs is 1. The Labute approximate surface area is 154 Å². The van der Waals surface area contributed by atoms with Crippen molar-refractivity contribution in [1.82, 2.24) is 9.88 Å². The van der Waals surface area contributed by atoms with Crippen molar-refractivity contribution in [3.05, 3.63) is 53.9 Å². The first-order chi connectivity index (χ1) is 13.1. The SMILES string of the molecule is O=C(C1CC1)N1CCC[C@@H]1c1nc2cc(-c3ccc(F)cc3F)ccc2o1. The van der Waals surface area contributed by atoms with Gasteiger partial charge < -0.3 is 9.32 Å². The smallest absolute Gasteiger partial charge is 0.226 e. The van der Waals surface area contributed by atoms with Gasteiger partial charge >= 0.3 is 0 Å². The number of amides is 1. The molecule has 4 nitrogen and oxygen atoms in total. The van der Waals surface area contributed by atoms with E-state index in [4.69, 9.17) is 4.42 Å². The molecule has 1 saturated carbocycles. The van der Waals surface area contributed by atoms with Gasteiger partial charge in [-0.1, -0.05) is 6.07 Å². The van der Waals surface area contributed by atoms with Crippen molar-refractivity contribution in [1.29, 1.82) is 0 Å². The highest BCUT2D eigenvalue weighted by Gasteiger charge is 2.40. The fourth-order valence-corrected chi connectivity index (χ4v) is 3.83. The molecule has 2 aliphatic rings. The quantitative estimate of drug-likeness (QED) is 0.664. The van der Waals surface area contributed by atoms with E-state index >= 15 is 0 Å². The third-order valence-electron chi connectivity index (χ3n) is 5.39. The summed E-state index contributed by atoms with van der Waals surface area (Å²) in [6, 6.07) is 8.60. The number of oxazole rings is 1. The lowest BCUT2D eigenvalue weighted by atomic mass is 10.0. The van der Waals surface area contributed by atoms with Gasteiger partial charge in [0.15, 0.2) is 5.58 Å². The summed E-state index contributed by atoms with van der Waals surface area (Å²) >= 11 is 0. The van der Waals surface area contributed by atoms with E-state index in [1.54, 1.807) is 18.2 Å². The number of hydrogen-bond donors (Lipinski definition) is 0. The van der Waals surface area contributed by atoms with Crippen LogP contribution in [0.4, 0.5) is 8.78 Å². The van der Waals surface area contributed by atoms with Gasteiger partial charge in [0.1, 0.15) is 23.2 Å². The molecule has 0 N–H and O–H groups in total. The number of carbonyl (C=O) groups is 1. The Morgan fingerprint density at radius 1 is 1.11 bits per heavy atom. The molecule has 1 aliphatic heterocycles. The zero-order valence-electron chi connectivity index (χ0n) is 14.6. The highest BCUT2D eigenvalue weighted by molar-refractivity contribution is 5.82. The molecule has 3 aromatic rings. The summed E-state index contributed by atoms with van der Waals surface area (Å²) in [5, 5.41) is 0. The molecule has 0 radical (unpaired) electrons. The van der Waals surface area contributed by atoms with E-state index in [9.17, 15) is 13.6 Å². The predicted molar refractivity (Wildman–Crippen MR) is 95.8 cm³/mol.